The zero-order valence-corrected chi connectivity index (χ0v) is 6.50. The third-order valence-corrected chi connectivity index (χ3v) is 0.773. The Morgan fingerprint density at radius 2 is 2.22 bits per heavy atom. The first-order valence-electron chi connectivity index (χ1n) is 2.59. The second-order valence-corrected chi connectivity index (χ2v) is 1.61. The molecule has 0 amide bonds. The minimum absolute atomic E-state index is 0. The van der Waals surface area contributed by atoms with Gasteiger partial charge >= 0.3 is 0 Å². The van der Waals surface area contributed by atoms with Crippen molar-refractivity contribution < 1.29 is 9.13 Å². The number of hydrogen-bond donors (Lipinski definition) is 1. The summed E-state index contributed by atoms with van der Waals surface area (Å²) < 4.78 is 16.8. The fourth-order valence-corrected chi connectivity index (χ4v) is 0.461. The molecule has 0 saturated carbocycles. The molecule has 9 heavy (non-hydrogen) atoms. The second-order valence-electron chi connectivity index (χ2n) is 1.61. The molecule has 0 rings (SSSR count). The average Bonchev–Trinajstić information content (AvgIpc) is 1.68. The molecule has 0 saturated heterocycles. The monoisotopic (exact) mass is 157 g/mol. The Hall–Kier alpha value is 0.140. The molecule has 0 aromatic carbocycles. The minimum atomic E-state index is -0.870. The number of ether oxygens (including phenoxy) is 1. The van der Waals surface area contributed by atoms with Crippen molar-refractivity contribution in [2.75, 3.05) is 27.3 Å². The van der Waals surface area contributed by atoms with Crippen molar-refractivity contribution in [1.29, 1.82) is 0 Å². The van der Waals surface area contributed by atoms with Crippen molar-refractivity contribution in [2.24, 2.45) is 0 Å². The summed E-state index contributed by atoms with van der Waals surface area (Å²) in [4.78, 5) is 0. The molecule has 0 fully saturated rings. The highest BCUT2D eigenvalue weighted by molar-refractivity contribution is 5.85. The van der Waals surface area contributed by atoms with Gasteiger partial charge in [-0.15, -0.1) is 12.4 Å². The van der Waals surface area contributed by atoms with Gasteiger partial charge in [0.25, 0.3) is 0 Å². The Morgan fingerprint density at radius 1 is 1.67 bits per heavy atom. The summed E-state index contributed by atoms with van der Waals surface area (Å²) in [6, 6.07) is 0. The van der Waals surface area contributed by atoms with Crippen LogP contribution in [0, 0.1) is 0 Å². The molecule has 58 valence electrons. The van der Waals surface area contributed by atoms with Crippen molar-refractivity contribution in [3.8, 4) is 0 Å². The van der Waals surface area contributed by atoms with Gasteiger partial charge in [-0.3, -0.25) is 0 Å². The summed E-state index contributed by atoms with van der Waals surface area (Å²) in [7, 11) is 3.20. The van der Waals surface area contributed by atoms with E-state index in [-0.39, 0.29) is 19.0 Å². The first kappa shape index (κ1) is 11.9. The van der Waals surface area contributed by atoms with E-state index < -0.39 is 6.17 Å². The van der Waals surface area contributed by atoms with E-state index in [0.717, 1.165) is 0 Å². The highest BCUT2D eigenvalue weighted by Crippen LogP contribution is 1.86. The van der Waals surface area contributed by atoms with Crippen LogP contribution in [0.5, 0.6) is 0 Å². The quantitative estimate of drug-likeness (QED) is 0.646. The lowest BCUT2D eigenvalue weighted by atomic mass is 10.4. The topological polar surface area (TPSA) is 21.3 Å². The van der Waals surface area contributed by atoms with Crippen LogP contribution in [0.1, 0.15) is 0 Å². The highest BCUT2D eigenvalue weighted by atomic mass is 35.5. The first-order valence-corrected chi connectivity index (χ1v) is 2.59. The molecular formula is C5H13ClFNO. The SMILES string of the molecule is CNCC(F)COC.Cl. The molecule has 0 bridgehead atoms. The smallest absolute Gasteiger partial charge is 0.136 e. The van der Waals surface area contributed by atoms with Crippen LogP contribution >= 0.6 is 12.4 Å². The Morgan fingerprint density at radius 3 is 2.56 bits per heavy atom. The number of hydrogen-bond acceptors (Lipinski definition) is 2. The molecule has 0 radical (unpaired) electrons. The minimum Gasteiger partial charge on any atom is -0.382 e. The molecule has 0 spiro atoms. The lowest BCUT2D eigenvalue weighted by Crippen LogP contribution is -2.23. The summed E-state index contributed by atoms with van der Waals surface area (Å²) >= 11 is 0. The molecule has 0 aromatic rings. The zero-order chi connectivity index (χ0) is 6.41. The van der Waals surface area contributed by atoms with E-state index in [1.165, 1.54) is 7.11 Å². The number of rotatable bonds is 4. The molecular weight excluding hydrogens is 145 g/mol. The Labute approximate surface area is 61.2 Å². The summed E-state index contributed by atoms with van der Waals surface area (Å²) in [5, 5.41) is 2.70. The van der Waals surface area contributed by atoms with E-state index in [1.54, 1.807) is 7.05 Å². The fraction of sp³-hybridized carbons (Fsp3) is 1.00. The lowest BCUT2D eigenvalue weighted by Gasteiger charge is -2.03. The number of alkyl halides is 1. The van der Waals surface area contributed by atoms with Gasteiger partial charge in [-0.05, 0) is 7.05 Å². The largest absolute Gasteiger partial charge is 0.382 e. The van der Waals surface area contributed by atoms with Gasteiger partial charge in [0.05, 0.1) is 6.61 Å². The van der Waals surface area contributed by atoms with Crippen molar-refractivity contribution in [2.45, 2.75) is 6.17 Å². The summed E-state index contributed by atoms with van der Waals surface area (Å²) in [5.41, 5.74) is 0. The van der Waals surface area contributed by atoms with Gasteiger partial charge < -0.3 is 10.1 Å². The second kappa shape index (κ2) is 8.14. The van der Waals surface area contributed by atoms with E-state index in [9.17, 15) is 4.39 Å². The molecule has 0 aliphatic rings. The summed E-state index contributed by atoms with van der Waals surface area (Å²) in [6.45, 7) is 0.550. The van der Waals surface area contributed by atoms with Gasteiger partial charge in [-0.1, -0.05) is 0 Å². The van der Waals surface area contributed by atoms with Crippen LogP contribution in [-0.4, -0.2) is 33.5 Å². The fourth-order valence-electron chi connectivity index (χ4n) is 0.461. The predicted octanol–water partition coefficient (Wildman–Crippen LogP) is 0.612. The Balaban J connectivity index is 0. The van der Waals surface area contributed by atoms with E-state index in [0.29, 0.717) is 6.54 Å². The van der Waals surface area contributed by atoms with Crippen molar-refractivity contribution >= 4 is 12.4 Å². The third kappa shape index (κ3) is 8.14. The van der Waals surface area contributed by atoms with Crippen molar-refractivity contribution in [1.82, 2.24) is 5.32 Å². The standard InChI is InChI=1S/C5H12FNO.ClH/c1-7-3-5(6)4-8-2;/h5,7H,3-4H2,1-2H3;1H. The number of nitrogens with one attached hydrogen (secondary N) is 1. The predicted molar refractivity (Wildman–Crippen MR) is 37.9 cm³/mol. The van der Waals surface area contributed by atoms with Crippen LogP contribution in [0.3, 0.4) is 0 Å². The molecule has 1 N–H and O–H groups in total. The maximum Gasteiger partial charge on any atom is 0.136 e. The average molecular weight is 158 g/mol. The molecule has 2 nitrogen and oxygen atoms in total. The molecule has 1 unspecified atom stereocenters. The maximum atomic E-state index is 12.2. The van der Waals surface area contributed by atoms with E-state index >= 15 is 0 Å². The summed E-state index contributed by atoms with van der Waals surface area (Å²) in [6.07, 6.45) is -0.870. The number of halogens is 2. The van der Waals surface area contributed by atoms with Gasteiger partial charge in [0.1, 0.15) is 6.17 Å². The molecule has 0 aliphatic carbocycles. The molecule has 1 atom stereocenters. The van der Waals surface area contributed by atoms with E-state index in [1.807, 2.05) is 0 Å². The lowest BCUT2D eigenvalue weighted by molar-refractivity contribution is 0.124. The zero-order valence-electron chi connectivity index (χ0n) is 5.69. The Bertz CT molecular complexity index is 50.2. The van der Waals surface area contributed by atoms with Gasteiger partial charge in [-0.25, -0.2) is 4.39 Å². The van der Waals surface area contributed by atoms with E-state index in [2.05, 4.69) is 10.1 Å². The normalized spacial score (nSPS) is 12.3. The van der Waals surface area contributed by atoms with Crippen LogP contribution in [-0.2, 0) is 4.74 Å². The number of methoxy groups -OCH3 is 1. The van der Waals surface area contributed by atoms with Crippen molar-refractivity contribution in [3.05, 3.63) is 0 Å². The molecule has 0 aromatic heterocycles. The molecule has 4 heteroatoms. The maximum absolute atomic E-state index is 12.2. The molecule has 0 aliphatic heterocycles. The van der Waals surface area contributed by atoms with Gasteiger partial charge in [0.15, 0.2) is 0 Å². The summed E-state index contributed by atoms with van der Waals surface area (Å²) in [5.74, 6) is 0. The highest BCUT2D eigenvalue weighted by Gasteiger charge is 2.01. The van der Waals surface area contributed by atoms with Crippen LogP contribution in [0.2, 0.25) is 0 Å². The van der Waals surface area contributed by atoms with Crippen LogP contribution < -0.4 is 5.32 Å². The first-order chi connectivity index (χ1) is 3.81. The van der Waals surface area contributed by atoms with Gasteiger partial charge in [0, 0.05) is 13.7 Å². The van der Waals surface area contributed by atoms with Crippen LogP contribution in [0.4, 0.5) is 4.39 Å². The van der Waals surface area contributed by atoms with Gasteiger partial charge in [-0.2, -0.15) is 0 Å². The van der Waals surface area contributed by atoms with E-state index in [4.69, 9.17) is 0 Å². The van der Waals surface area contributed by atoms with Crippen LogP contribution in [0.25, 0.3) is 0 Å². The van der Waals surface area contributed by atoms with Gasteiger partial charge in [0.2, 0.25) is 0 Å². The molecule has 0 heterocycles. The third-order valence-electron chi connectivity index (χ3n) is 0.773. The van der Waals surface area contributed by atoms with Crippen molar-refractivity contribution in [3.63, 3.8) is 0 Å². The van der Waals surface area contributed by atoms with Crippen LogP contribution in [0.15, 0.2) is 0 Å². The Kier molecular flexibility index (Phi) is 10.7.